The lowest BCUT2D eigenvalue weighted by molar-refractivity contribution is -0.122. The van der Waals surface area contributed by atoms with Crippen molar-refractivity contribution in [1.29, 1.82) is 0 Å². The third-order valence-corrected chi connectivity index (χ3v) is 2.47. The summed E-state index contributed by atoms with van der Waals surface area (Å²) in [5, 5.41) is 6.17. The molecule has 1 heterocycles. The van der Waals surface area contributed by atoms with Crippen LogP contribution in [0.2, 0.25) is 0 Å². The van der Waals surface area contributed by atoms with E-state index in [-0.39, 0.29) is 11.4 Å². The van der Waals surface area contributed by atoms with Crippen molar-refractivity contribution in [2.24, 2.45) is 0 Å². The van der Waals surface area contributed by atoms with Crippen LogP contribution in [0.4, 0.5) is 0 Å². The molecule has 2 N–H and O–H groups in total. The van der Waals surface area contributed by atoms with Crippen LogP contribution in [0.1, 0.15) is 39.9 Å². The lowest BCUT2D eigenvalue weighted by atomic mass is 10.1. The predicted molar refractivity (Wildman–Crippen MR) is 72.1 cm³/mol. The number of carbonyl (C=O) groups excluding carboxylic acids is 1. The van der Waals surface area contributed by atoms with Gasteiger partial charge in [0.15, 0.2) is 0 Å². The van der Waals surface area contributed by atoms with Gasteiger partial charge < -0.3 is 15.2 Å². The number of nitrogens with one attached hydrogen (secondary N) is 2. The van der Waals surface area contributed by atoms with E-state index >= 15 is 0 Å². The van der Waals surface area contributed by atoms with Crippen LogP contribution in [-0.4, -0.2) is 27.5 Å². The molecule has 0 saturated carbocycles. The summed E-state index contributed by atoms with van der Waals surface area (Å²) in [5.74, 6) is 1.09. The van der Waals surface area contributed by atoms with Gasteiger partial charge in [0.05, 0.1) is 6.54 Å². The van der Waals surface area contributed by atoms with E-state index in [2.05, 4.69) is 27.1 Å². The summed E-state index contributed by atoms with van der Waals surface area (Å²) in [6.45, 7) is 10.3. The first-order valence-electron chi connectivity index (χ1n) is 6.44. The van der Waals surface area contributed by atoms with Crippen LogP contribution in [0.25, 0.3) is 0 Å². The fourth-order valence-corrected chi connectivity index (χ4v) is 1.68. The average Bonchev–Trinajstić information content (AvgIpc) is 2.69. The number of hydrogen-bond acceptors (Lipinski definition) is 3. The van der Waals surface area contributed by atoms with Crippen LogP contribution in [0.15, 0.2) is 12.4 Å². The Morgan fingerprint density at radius 2 is 2.17 bits per heavy atom. The average molecular weight is 252 g/mol. The second-order valence-corrected chi connectivity index (χ2v) is 5.35. The molecule has 1 aromatic rings. The number of amides is 1. The zero-order chi connectivity index (χ0) is 13.6. The van der Waals surface area contributed by atoms with Gasteiger partial charge in [-0.1, -0.05) is 0 Å². The number of aryl methyl sites for hydroxylation is 1. The molecule has 102 valence electrons. The van der Waals surface area contributed by atoms with Gasteiger partial charge in [0.2, 0.25) is 5.91 Å². The third kappa shape index (κ3) is 5.31. The van der Waals surface area contributed by atoms with E-state index in [0.29, 0.717) is 19.5 Å². The second kappa shape index (κ2) is 6.54. The van der Waals surface area contributed by atoms with Crippen molar-refractivity contribution >= 4 is 5.91 Å². The van der Waals surface area contributed by atoms with Crippen LogP contribution in [0.5, 0.6) is 0 Å². The van der Waals surface area contributed by atoms with Gasteiger partial charge in [-0.05, 0) is 27.7 Å². The molecule has 5 nitrogen and oxygen atoms in total. The van der Waals surface area contributed by atoms with Crippen molar-refractivity contribution in [3.63, 3.8) is 0 Å². The normalized spacial score (nSPS) is 11.6. The van der Waals surface area contributed by atoms with Gasteiger partial charge in [-0.2, -0.15) is 0 Å². The van der Waals surface area contributed by atoms with Crippen LogP contribution in [-0.2, 0) is 17.9 Å². The first kappa shape index (κ1) is 14.7. The quantitative estimate of drug-likeness (QED) is 0.750. The Morgan fingerprint density at radius 3 is 2.78 bits per heavy atom. The Bertz CT molecular complexity index is 379. The fraction of sp³-hybridized carbons (Fsp3) is 0.692. The number of aromatic nitrogens is 2. The van der Waals surface area contributed by atoms with Gasteiger partial charge in [0.1, 0.15) is 5.82 Å². The molecule has 0 unspecified atom stereocenters. The molecule has 1 aromatic heterocycles. The van der Waals surface area contributed by atoms with E-state index in [1.54, 1.807) is 6.20 Å². The third-order valence-electron chi connectivity index (χ3n) is 2.47. The summed E-state index contributed by atoms with van der Waals surface area (Å²) >= 11 is 0. The zero-order valence-corrected chi connectivity index (χ0v) is 11.8. The van der Waals surface area contributed by atoms with Crippen molar-refractivity contribution < 1.29 is 4.79 Å². The molecule has 0 atom stereocenters. The largest absolute Gasteiger partial charge is 0.351 e. The van der Waals surface area contributed by atoms with E-state index < -0.39 is 0 Å². The van der Waals surface area contributed by atoms with Gasteiger partial charge >= 0.3 is 0 Å². The Hall–Kier alpha value is -1.36. The van der Waals surface area contributed by atoms with Gasteiger partial charge in [-0.25, -0.2) is 4.98 Å². The van der Waals surface area contributed by atoms with E-state index in [4.69, 9.17) is 0 Å². The van der Waals surface area contributed by atoms with Crippen LogP contribution < -0.4 is 10.6 Å². The monoisotopic (exact) mass is 252 g/mol. The van der Waals surface area contributed by atoms with Crippen molar-refractivity contribution in [3.8, 4) is 0 Å². The maximum Gasteiger partial charge on any atom is 0.221 e. The molecule has 0 aliphatic heterocycles. The molecule has 0 aliphatic carbocycles. The Morgan fingerprint density at radius 1 is 1.44 bits per heavy atom. The number of rotatable bonds is 6. The zero-order valence-electron chi connectivity index (χ0n) is 11.8. The maximum absolute atomic E-state index is 11.6. The van der Waals surface area contributed by atoms with Gasteiger partial charge in [-0.15, -0.1) is 0 Å². The molecule has 0 saturated heterocycles. The summed E-state index contributed by atoms with van der Waals surface area (Å²) in [6, 6.07) is 0. The SMILES string of the molecule is CCn1ccnc1CNCCC(=O)NC(C)(C)C. The molecule has 1 amide bonds. The first-order valence-corrected chi connectivity index (χ1v) is 6.44. The minimum absolute atomic E-state index is 0.0776. The Balaban J connectivity index is 2.21. The first-order chi connectivity index (χ1) is 8.42. The summed E-state index contributed by atoms with van der Waals surface area (Å²) in [4.78, 5) is 15.8. The molecule has 1 rings (SSSR count). The highest BCUT2D eigenvalue weighted by molar-refractivity contribution is 5.76. The van der Waals surface area contributed by atoms with Crippen molar-refractivity contribution in [2.45, 2.75) is 52.7 Å². The molecule has 0 aliphatic rings. The molecule has 0 spiro atoms. The summed E-state index contributed by atoms with van der Waals surface area (Å²) in [7, 11) is 0. The van der Waals surface area contributed by atoms with Gasteiger partial charge in [0.25, 0.3) is 0 Å². The lowest BCUT2D eigenvalue weighted by Crippen LogP contribution is -2.41. The number of hydrogen-bond donors (Lipinski definition) is 2. The predicted octanol–water partition coefficient (Wildman–Crippen LogP) is 1.30. The molecular weight excluding hydrogens is 228 g/mol. The fourth-order valence-electron chi connectivity index (χ4n) is 1.68. The van der Waals surface area contributed by atoms with E-state index in [1.165, 1.54) is 0 Å². The summed E-state index contributed by atoms with van der Waals surface area (Å²) < 4.78 is 2.09. The molecule has 0 fully saturated rings. The second-order valence-electron chi connectivity index (χ2n) is 5.35. The highest BCUT2D eigenvalue weighted by Crippen LogP contribution is 1.99. The number of imidazole rings is 1. The maximum atomic E-state index is 11.6. The minimum Gasteiger partial charge on any atom is -0.351 e. The summed E-state index contributed by atoms with van der Waals surface area (Å²) in [5.41, 5.74) is -0.157. The van der Waals surface area contributed by atoms with Gasteiger partial charge in [-0.3, -0.25) is 4.79 Å². The van der Waals surface area contributed by atoms with E-state index in [1.807, 2.05) is 27.0 Å². The van der Waals surface area contributed by atoms with Crippen LogP contribution in [0, 0.1) is 0 Å². The Labute approximate surface area is 109 Å². The smallest absolute Gasteiger partial charge is 0.221 e. The lowest BCUT2D eigenvalue weighted by Gasteiger charge is -2.20. The Kier molecular flexibility index (Phi) is 5.34. The number of carbonyl (C=O) groups is 1. The van der Waals surface area contributed by atoms with Crippen molar-refractivity contribution in [2.75, 3.05) is 6.54 Å². The highest BCUT2D eigenvalue weighted by atomic mass is 16.1. The van der Waals surface area contributed by atoms with Crippen molar-refractivity contribution in [3.05, 3.63) is 18.2 Å². The van der Waals surface area contributed by atoms with Crippen molar-refractivity contribution in [1.82, 2.24) is 20.2 Å². The molecule has 18 heavy (non-hydrogen) atoms. The molecule has 0 radical (unpaired) electrons. The number of nitrogens with zero attached hydrogens (tertiary/aromatic N) is 2. The molecular formula is C13H24N4O. The summed E-state index contributed by atoms with van der Waals surface area (Å²) in [6.07, 6.45) is 4.25. The van der Waals surface area contributed by atoms with Gasteiger partial charge in [0, 0.05) is 37.4 Å². The van der Waals surface area contributed by atoms with E-state index in [9.17, 15) is 4.79 Å². The highest BCUT2D eigenvalue weighted by Gasteiger charge is 2.12. The topological polar surface area (TPSA) is 59.0 Å². The van der Waals surface area contributed by atoms with Crippen LogP contribution >= 0.6 is 0 Å². The van der Waals surface area contributed by atoms with E-state index in [0.717, 1.165) is 12.4 Å². The molecule has 5 heteroatoms. The molecule has 0 bridgehead atoms. The standard InChI is InChI=1S/C13H24N4O/c1-5-17-9-8-15-11(17)10-14-7-6-12(18)16-13(2,3)4/h8-9,14H,5-7,10H2,1-4H3,(H,16,18). The molecule has 0 aromatic carbocycles. The minimum atomic E-state index is -0.157. The van der Waals surface area contributed by atoms with Crippen LogP contribution in [0.3, 0.4) is 0 Å².